The van der Waals surface area contributed by atoms with Crippen molar-refractivity contribution in [2.24, 2.45) is 0 Å². The van der Waals surface area contributed by atoms with Gasteiger partial charge in [-0.05, 0) is 26.0 Å². The highest BCUT2D eigenvalue weighted by atomic mass is 15.1. The molecule has 3 aromatic rings. The van der Waals surface area contributed by atoms with Crippen LogP contribution in [-0.2, 0) is 0 Å². The summed E-state index contributed by atoms with van der Waals surface area (Å²) in [6.07, 6.45) is 1.77. The number of aryl methyl sites for hydroxylation is 2. The number of hydrogen-bond donors (Lipinski definition) is 0. The van der Waals surface area contributed by atoms with E-state index in [0.29, 0.717) is 0 Å². The van der Waals surface area contributed by atoms with Crippen LogP contribution < -0.4 is 0 Å². The molecular weight excluding hydrogens is 212 g/mol. The molecule has 0 radical (unpaired) electrons. The fourth-order valence-corrected chi connectivity index (χ4v) is 1.96. The average Bonchev–Trinajstić information content (AvgIpc) is 2.65. The molecular formula is C13H12N4. The lowest BCUT2D eigenvalue weighted by Gasteiger charge is -2.05. The molecule has 2 heterocycles. The van der Waals surface area contributed by atoms with Gasteiger partial charge in [-0.25, -0.2) is 15.0 Å². The minimum absolute atomic E-state index is 0.759. The van der Waals surface area contributed by atoms with Gasteiger partial charge >= 0.3 is 0 Å². The molecule has 0 amide bonds. The van der Waals surface area contributed by atoms with Gasteiger partial charge in [-0.3, -0.25) is 4.57 Å². The Morgan fingerprint density at radius 2 is 1.76 bits per heavy atom. The summed E-state index contributed by atoms with van der Waals surface area (Å²) in [5.41, 5.74) is 2.77. The summed E-state index contributed by atoms with van der Waals surface area (Å²) in [6.45, 7) is 3.86. The molecule has 4 heteroatoms. The molecule has 0 spiro atoms. The first-order valence-electron chi connectivity index (χ1n) is 5.50. The summed E-state index contributed by atoms with van der Waals surface area (Å²) < 4.78 is 2.05. The quantitative estimate of drug-likeness (QED) is 0.637. The molecule has 0 unspecified atom stereocenters. The Hall–Kier alpha value is -2.23. The standard InChI is InChI=1S/C13H12N4/c1-9-14-8-12-13(15-9)17(10(2)16-12)11-6-4-3-5-7-11/h3-8H,1-2H3. The summed E-state index contributed by atoms with van der Waals surface area (Å²) in [5, 5.41) is 0. The smallest absolute Gasteiger partial charge is 0.168 e. The van der Waals surface area contributed by atoms with Crippen molar-refractivity contribution in [2.75, 3.05) is 0 Å². The third kappa shape index (κ3) is 1.58. The van der Waals surface area contributed by atoms with E-state index in [1.165, 1.54) is 0 Å². The Morgan fingerprint density at radius 3 is 2.53 bits per heavy atom. The summed E-state index contributed by atoms with van der Waals surface area (Å²) >= 11 is 0. The summed E-state index contributed by atoms with van der Waals surface area (Å²) in [7, 11) is 0. The van der Waals surface area contributed by atoms with Gasteiger partial charge in [0.25, 0.3) is 0 Å². The minimum Gasteiger partial charge on any atom is -0.281 e. The van der Waals surface area contributed by atoms with E-state index in [4.69, 9.17) is 0 Å². The van der Waals surface area contributed by atoms with Gasteiger partial charge in [0.05, 0.1) is 6.20 Å². The van der Waals surface area contributed by atoms with Gasteiger partial charge in [0.1, 0.15) is 17.2 Å². The molecule has 0 aliphatic rings. The monoisotopic (exact) mass is 224 g/mol. The lowest BCUT2D eigenvalue weighted by atomic mass is 10.3. The summed E-state index contributed by atoms with van der Waals surface area (Å²) in [4.78, 5) is 13.1. The van der Waals surface area contributed by atoms with Gasteiger partial charge in [0.2, 0.25) is 0 Å². The van der Waals surface area contributed by atoms with E-state index in [1.807, 2.05) is 48.7 Å². The second-order valence-corrected chi connectivity index (χ2v) is 3.96. The van der Waals surface area contributed by atoms with Gasteiger partial charge in [0.15, 0.2) is 5.65 Å². The molecule has 3 rings (SSSR count). The average molecular weight is 224 g/mol. The second-order valence-electron chi connectivity index (χ2n) is 3.96. The Kier molecular flexibility index (Phi) is 2.14. The van der Waals surface area contributed by atoms with E-state index in [2.05, 4.69) is 15.0 Å². The highest BCUT2D eigenvalue weighted by Crippen LogP contribution is 2.18. The van der Waals surface area contributed by atoms with Crippen molar-refractivity contribution in [3.63, 3.8) is 0 Å². The van der Waals surface area contributed by atoms with E-state index in [-0.39, 0.29) is 0 Å². The molecule has 0 N–H and O–H groups in total. The number of hydrogen-bond acceptors (Lipinski definition) is 3. The number of benzene rings is 1. The molecule has 84 valence electrons. The van der Waals surface area contributed by atoms with Crippen LogP contribution >= 0.6 is 0 Å². The van der Waals surface area contributed by atoms with Crippen LogP contribution in [0, 0.1) is 13.8 Å². The van der Waals surface area contributed by atoms with Crippen LogP contribution in [0.25, 0.3) is 16.9 Å². The number of nitrogens with zero attached hydrogens (tertiary/aromatic N) is 4. The lowest BCUT2D eigenvalue weighted by molar-refractivity contribution is 0.975. The largest absolute Gasteiger partial charge is 0.281 e. The van der Waals surface area contributed by atoms with Crippen LogP contribution in [0.2, 0.25) is 0 Å². The Balaban J connectivity index is 2.35. The predicted molar refractivity (Wildman–Crippen MR) is 66.1 cm³/mol. The summed E-state index contributed by atoms with van der Waals surface area (Å²) in [6, 6.07) is 10.1. The van der Waals surface area contributed by atoms with Crippen LogP contribution in [-0.4, -0.2) is 19.5 Å². The first kappa shape index (κ1) is 9.96. The SMILES string of the molecule is Cc1ncc2nc(C)n(-c3ccccc3)c2n1. The van der Waals surface area contributed by atoms with E-state index in [0.717, 1.165) is 28.5 Å². The fourth-order valence-electron chi connectivity index (χ4n) is 1.96. The summed E-state index contributed by atoms with van der Waals surface area (Å²) in [5.74, 6) is 1.68. The first-order valence-corrected chi connectivity index (χ1v) is 5.50. The van der Waals surface area contributed by atoms with Crippen molar-refractivity contribution >= 4 is 11.2 Å². The van der Waals surface area contributed by atoms with E-state index in [1.54, 1.807) is 6.20 Å². The molecule has 0 bridgehead atoms. The van der Waals surface area contributed by atoms with Gasteiger partial charge < -0.3 is 0 Å². The Labute approximate surface area is 99.0 Å². The normalized spacial score (nSPS) is 10.9. The van der Waals surface area contributed by atoms with Gasteiger partial charge in [-0.2, -0.15) is 0 Å². The molecule has 4 nitrogen and oxygen atoms in total. The highest BCUT2D eigenvalue weighted by molar-refractivity contribution is 5.73. The maximum absolute atomic E-state index is 4.47. The Bertz CT molecular complexity index is 670. The minimum atomic E-state index is 0.759. The molecule has 0 aliphatic carbocycles. The maximum Gasteiger partial charge on any atom is 0.168 e. The van der Waals surface area contributed by atoms with Crippen LogP contribution in [0.15, 0.2) is 36.5 Å². The van der Waals surface area contributed by atoms with Crippen molar-refractivity contribution < 1.29 is 0 Å². The van der Waals surface area contributed by atoms with E-state index in [9.17, 15) is 0 Å². The van der Waals surface area contributed by atoms with Gasteiger partial charge in [-0.15, -0.1) is 0 Å². The first-order chi connectivity index (χ1) is 8.25. The van der Waals surface area contributed by atoms with Crippen molar-refractivity contribution in [1.82, 2.24) is 19.5 Å². The maximum atomic E-state index is 4.47. The van der Waals surface area contributed by atoms with Crippen LogP contribution in [0.1, 0.15) is 11.6 Å². The Morgan fingerprint density at radius 1 is 1.00 bits per heavy atom. The van der Waals surface area contributed by atoms with Crippen LogP contribution in [0.5, 0.6) is 0 Å². The topological polar surface area (TPSA) is 43.6 Å². The number of fused-ring (bicyclic) bond motifs is 1. The highest BCUT2D eigenvalue weighted by Gasteiger charge is 2.10. The van der Waals surface area contributed by atoms with Crippen molar-refractivity contribution in [3.05, 3.63) is 48.2 Å². The molecule has 0 fully saturated rings. The van der Waals surface area contributed by atoms with Gasteiger partial charge in [0, 0.05) is 5.69 Å². The third-order valence-corrected chi connectivity index (χ3v) is 2.70. The van der Waals surface area contributed by atoms with E-state index < -0.39 is 0 Å². The number of para-hydroxylation sites is 1. The van der Waals surface area contributed by atoms with Crippen molar-refractivity contribution in [1.29, 1.82) is 0 Å². The van der Waals surface area contributed by atoms with Crippen molar-refractivity contribution in [3.8, 4) is 5.69 Å². The molecule has 17 heavy (non-hydrogen) atoms. The third-order valence-electron chi connectivity index (χ3n) is 2.70. The van der Waals surface area contributed by atoms with Gasteiger partial charge in [-0.1, -0.05) is 18.2 Å². The lowest BCUT2D eigenvalue weighted by Crippen LogP contribution is -1.98. The van der Waals surface area contributed by atoms with Crippen LogP contribution in [0.4, 0.5) is 0 Å². The predicted octanol–water partition coefficient (Wildman–Crippen LogP) is 2.43. The molecule has 1 aromatic carbocycles. The molecule has 2 aromatic heterocycles. The zero-order valence-electron chi connectivity index (χ0n) is 9.75. The zero-order valence-corrected chi connectivity index (χ0v) is 9.75. The van der Waals surface area contributed by atoms with Crippen LogP contribution in [0.3, 0.4) is 0 Å². The van der Waals surface area contributed by atoms with Crippen molar-refractivity contribution in [2.45, 2.75) is 13.8 Å². The molecule has 0 aliphatic heterocycles. The number of imidazole rings is 1. The number of aromatic nitrogens is 4. The molecule has 0 atom stereocenters. The molecule has 0 saturated heterocycles. The molecule has 0 saturated carbocycles. The van der Waals surface area contributed by atoms with E-state index >= 15 is 0 Å². The zero-order chi connectivity index (χ0) is 11.8. The second kappa shape index (κ2) is 3.66. The number of rotatable bonds is 1. The fraction of sp³-hybridized carbons (Fsp3) is 0.154.